The lowest BCUT2D eigenvalue weighted by atomic mass is 10.1. The van der Waals surface area contributed by atoms with Crippen LogP contribution in [-0.2, 0) is 4.79 Å². The molecular formula is C14H21N3O2. The molecule has 1 heterocycles. The maximum Gasteiger partial charge on any atom is 0.238 e. The van der Waals surface area contributed by atoms with Crippen LogP contribution in [-0.4, -0.2) is 41.6 Å². The van der Waals surface area contributed by atoms with Crippen molar-refractivity contribution in [3.8, 4) is 5.75 Å². The molecule has 1 saturated heterocycles. The number of aromatic hydroxyl groups is 1. The van der Waals surface area contributed by atoms with Gasteiger partial charge in [0.25, 0.3) is 0 Å². The van der Waals surface area contributed by atoms with Crippen molar-refractivity contribution in [1.82, 2.24) is 4.90 Å². The maximum atomic E-state index is 11.9. The molecule has 104 valence electrons. The number of carbonyl (C=O) groups is 1. The summed E-state index contributed by atoms with van der Waals surface area (Å²) in [6.07, 6.45) is 1.89. The Morgan fingerprint density at radius 1 is 1.47 bits per heavy atom. The second kappa shape index (κ2) is 6.04. The number of hydrogen-bond acceptors (Lipinski definition) is 4. The minimum atomic E-state index is -0.0567. The molecule has 1 fully saturated rings. The summed E-state index contributed by atoms with van der Waals surface area (Å²) in [7, 11) is 0. The molecule has 2 rings (SSSR count). The second-order valence-electron chi connectivity index (χ2n) is 5.16. The van der Waals surface area contributed by atoms with Gasteiger partial charge < -0.3 is 16.2 Å². The van der Waals surface area contributed by atoms with Gasteiger partial charge in [-0.2, -0.15) is 0 Å². The quantitative estimate of drug-likeness (QED) is 0.762. The summed E-state index contributed by atoms with van der Waals surface area (Å²) in [6, 6.07) is 5.41. The first kappa shape index (κ1) is 13.8. The van der Waals surface area contributed by atoms with Crippen molar-refractivity contribution in [1.29, 1.82) is 0 Å². The Bertz CT molecular complexity index is 454. The standard InChI is InChI=1S/C14H21N3O2/c1-10-2-3-12(8-13(10)18)16-14(19)9-17-6-4-11(15)5-7-17/h2-3,8,11,18H,4-7,9,15H2,1H3,(H,16,19). The molecule has 0 radical (unpaired) electrons. The summed E-state index contributed by atoms with van der Waals surface area (Å²) in [5, 5.41) is 12.4. The van der Waals surface area contributed by atoms with Gasteiger partial charge in [-0.25, -0.2) is 0 Å². The number of anilines is 1. The number of rotatable bonds is 3. The first-order valence-corrected chi connectivity index (χ1v) is 6.62. The number of phenolic OH excluding ortho intramolecular Hbond substituents is 1. The molecule has 0 unspecified atom stereocenters. The van der Waals surface area contributed by atoms with Crippen molar-refractivity contribution in [2.75, 3.05) is 25.0 Å². The summed E-state index contributed by atoms with van der Waals surface area (Å²) in [6.45, 7) is 3.93. The van der Waals surface area contributed by atoms with Gasteiger partial charge in [0.15, 0.2) is 0 Å². The summed E-state index contributed by atoms with van der Waals surface area (Å²) < 4.78 is 0. The Kier molecular flexibility index (Phi) is 4.39. The van der Waals surface area contributed by atoms with E-state index in [0.717, 1.165) is 31.5 Å². The minimum absolute atomic E-state index is 0.0567. The molecule has 1 aliphatic rings. The van der Waals surface area contributed by atoms with E-state index >= 15 is 0 Å². The predicted octanol–water partition coefficient (Wildman–Crippen LogP) is 1.06. The van der Waals surface area contributed by atoms with E-state index in [1.54, 1.807) is 18.2 Å². The lowest BCUT2D eigenvalue weighted by molar-refractivity contribution is -0.117. The summed E-state index contributed by atoms with van der Waals surface area (Å²) in [5.74, 6) is 0.139. The zero-order valence-corrected chi connectivity index (χ0v) is 11.2. The third kappa shape index (κ3) is 3.94. The zero-order chi connectivity index (χ0) is 13.8. The van der Waals surface area contributed by atoms with E-state index in [0.29, 0.717) is 12.2 Å². The van der Waals surface area contributed by atoms with Crippen LogP contribution < -0.4 is 11.1 Å². The van der Waals surface area contributed by atoms with Crippen LogP contribution in [0.1, 0.15) is 18.4 Å². The molecule has 0 saturated carbocycles. The van der Waals surface area contributed by atoms with E-state index in [9.17, 15) is 9.90 Å². The van der Waals surface area contributed by atoms with Crippen LogP contribution >= 0.6 is 0 Å². The molecule has 1 aliphatic heterocycles. The van der Waals surface area contributed by atoms with Gasteiger partial charge in [-0.3, -0.25) is 9.69 Å². The molecule has 1 aromatic rings. The maximum absolute atomic E-state index is 11.9. The minimum Gasteiger partial charge on any atom is -0.508 e. The molecule has 4 N–H and O–H groups in total. The van der Waals surface area contributed by atoms with Crippen LogP contribution in [0.5, 0.6) is 5.75 Å². The van der Waals surface area contributed by atoms with E-state index in [4.69, 9.17) is 5.73 Å². The Morgan fingerprint density at radius 3 is 2.79 bits per heavy atom. The van der Waals surface area contributed by atoms with Gasteiger partial charge in [-0.15, -0.1) is 0 Å². The lowest BCUT2D eigenvalue weighted by Gasteiger charge is -2.29. The normalized spacial score (nSPS) is 17.4. The number of nitrogens with zero attached hydrogens (tertiary/aromatic N) is 1. The fourth-order valence-electron chi connectivity index (χ4n) is 2.20. The van der Waals surface area contributed by atoms with Crippen molar-refractivity contribution < 1.29 is 9.90 Å². The second-order valence-corrected chi connectivity index (χ2v) is 5.16. The molecule has 0 bridgehead atoms. The van der Waals surface area contributed by atoms with Gasteiger partial charge in [0.1, 0.15) is 5.75 Å². The van der Waals surface area contributed by atoms with Gasteiger partial charge in [0.05, 0.1) is 6.54 Å². The average molecular weight is 263 g/mol. The smallest absolute Gasteiger partial charge is 0.238 e. The van der Waals surface area contributed by atoms with Gasteiger partial charge in [-0.1, -0.05) is 6.07 Å². The van der Waals surface area contributed by atoms with Gasteiger partial charge in [0.2, 0.25) is 5.91 Å². The van der Waals surface area contributed by atoms with Crippen LogP contribution in [0.3, 0.4) is 0 Å². The molecular weight excluding hydrogens is 242 g/mol. The van der Waals surface area contributed by atoms with Crippen LogP contribution in [0.2, 0.25) is 0 Å². The fourth-order valence-corrected chi connectivity index (χ4v) is 2.20. The first-order chi connectivity index (χ1) is 9.04. The van der Waals surface area contributed by atoms with Crippen LogP contribution in [0, 0.1) is 6.92 Å². The topological polar surface area (TPSA) is 78.6 Å². The van der Waals surface area contributed by atoms with Gasteiger partial charge in [0, 0.05) is 30.9 Å². The third-order valence-corrected chi connectivity index (χ3v) is 3.49. The highest BCUT2D eigenvalue weighted by Gasteiger charge is 2.18. The van der Waals surface area contributed by atoms with Crippen molar-refractivity contribution in [2.24, 2.45) is 5.73 Å². The van der Waals surface area contributed by atoms with Gasteiger partial charge in [-0.05, 0) is 31.4 Å². The van der Waals surface area contributed by atoms with E-state index in [1.165, 1.54) is 0 Å². The van der Waals surface area contributed by atoms with E-state index in [-0.39, 0.29) is 17.7 Å². The molecule has 1 aromatic carbocycles. The number of amides is 1. The Labute approximate surface area is 113 Å². The number of likely N-dealkylation sites (tertiary alicyclic amines) is 1. The lowest BCUT2D eigenvalue weighted by Crippen LogP contribution is -2.43. The largest absolute Gasteiger partial charge is 0.508 e. The number of hydrogen-bond donors (Lipinski definition) is 3. The zero-order valence-electron chi connectivity index (χ0n) is 11.2. The summed E-state index contributed by atoms with van der Waals surface area (Å²) in [4.78, 5) is 14.0. The van der Waals surface area contributed by atoms with Crippen molar-refractivity contribution >= 4 is 11.6 Å². The molecule has 1 amide bonds. The van der Waals surface area contributed by atoms with Gasteiger partial charge >= 0.3 is 0 Å². The van der Waals surface area contributed by atoms with Crippen LogP contribution in [0.25, 0.3) is 0 Å². The van der Waals surface area contributed by atoms with E-state index in [2.05, 4.69) is 10.2 Å². The van der Waals surface area contributed by atoms with E-state index in [1.807, 2.05) is 6.92 Å². The first-order valence-electron chi connectivity index (χ1n) is 6.62. The number of aryl methyl sites for hydroxylation is 1. The molecule has 5 heteroatoms. The predicted molar refractivity (Wildman–Crippen MR) is 75.1 cm³/mol. The Balaban J connectivity index is 1.85. The fraction of sp³-hybridized carbons (Fsp3) is 0.500. The van der Waals surface area contributed by atoms with Crippen molar-refractivity contribution in [3.05, 3.63) is 23.8 Å². The highest BCUT2D eigenvalue weighted by Crippen LogP contribution is 2.20. The number of nitrogens with one attached hydrogen (secondary N) is 1. The molecule has 19 heavy (non-hydrogen) atoms. The SMILES string of the molecule is Cc1ccc(NC(=O)CN2CCC(N)CC2)cc1O. The van der Waals surface area contributed by atoms with Crippen LogP contribution in [0.4, 0.5) is 5.69 Å². The van der Waals surface area contributed by atoms with E-state index < -0.39 is 0 Å². The molecule has 0 aliphatic carbocycles. The highest BCUT2D eigenvalue weighted by atomic mass is 16.3. The van der Waals surface area contributed by atoms with Crippen LogP contribution in [0.15, 0.2) is 18.2 Å². The number of piperidine rings is 1. The number of phenols is 1. The third-order valence-electron chi connectivity index (χ3n) is 3.49. The number of nitrogens with two attached hydrogens (primary N) is 1. The number of benzene rings is 1. The van der Waals surface area contributed by atoms with Crippen molar-refractivity contribution in [2.45, 2.75) is 25.8 Å². The summed E-state index contributed by atoms with van der Waals surface area (Å²) in [5.41, 5.74) is 7.25. The average Bonchev–Trinajstić information content (AvgIpc) is 2.37. The Morgan fingerprint density at radius 2 is 2.16 bits per heavy atom. The molecule has 0 spiro atoms. The monoisotopic (exact) mass is 263 g/mol. The number of carbonyl (C=O) groups excluding carboxylic acids is 1. The summed E-state index contributed by atoms with van der Waals surface area (Å²) >= 11 is 0. The highest BCUT2D eigenvalue weighted by molar-refractivity contribution is 5.92. The van der Waals surface area contributed by atoms with Crippen molar-refractivity contribution in [3.63, 3.8) is 0 Å². The Hall–Kier alpha value is -1.59. The molecule has 0 aromatic heterocycles. The molecule has 5 nitrogen and oxygen atoms in total. The molecule has 0 atom stereocenters.